The molecule has 140 valence electrons. The minimum Gasteiger partial charge on any atom is -0.395 e. The molecule has 3 aliphatic heterocycles. The number of aliphatic hydroxyl groups excluding tert-OH is 1. The van der Waals surface area contributed by atoms with Crippen LogP contribution in [-0.4, -0.2) is 83.4 Å². The number of hydrogen-bond acceptors (Lipinski definition) is 4. The molecule has 3 amide bonds. The number of β-amino-alcohol motifs (C(OH)–C–C–N with tert-alkyl or cyclic N) is 1. The topological polar surface area (TPSA) is 81.2 Å². The summed E-state index contributed by atoms with van der Waals surface area (Å²) >= 11 is 0. The second-order valence-electron chi connectivity index (χ2n) is 7.59. The van der Waals surface area contributed by atoms with Crippen LogP contribution in [0.3, 0.4) is 0 Å². The molecule has 0 aromatic carbocycles. The standard InChI is InChI=1S/C18H29N3O4/c22-12-11-19-9-4-6-18(17(19)25)7-10-21(14-18)16(24)13-20-8-3-1-2-5-15(20)23/h22H,1-14H2/t18-/m1/s1. The number of hydrogen-bond donors (Lipinski definition) is 1. The minimum atomic E-state index is -0.480. The third-order valence-electron chi connectivity index (χ3n) is 5.90. The van der Waals surface area contributed by atoms with Gasteiger partial charge in [-0.25, -0.2) is 0 Å². The zero-order valence-electron chi connectivity index (χ0n) is 14.9. The van der Waals surface area contributed by atoms with E-state index < -0.39 is 5.41 Å². The number of carbonyl (C=O) groups is 3. The van der Waals surface area contributed by atoms with Gasteiger partial charge in [-0.3, -0.25) is 14.4 Å². The van der Waals surface area contributed by atoms with E-state index >= 15 is 0 Å². The highest BCUT2D eigenvalue weighted by Gasteiger charge is 2.49. The number of carbonyl (C=O) groups excluding carboxylic acids is 3. The molecule has 0 aromatic rings. The van der Waals surface area contributed by atoms with Crippen LogP contribution in [0.5, 0.6) is 0 Å². The SMILES string of the molecule is O=C1CCCCCN1CC(=O)N1CC[C@]2(CCCN(CCO)C2=O)C1. The van der Waals surface area contributed by atoms with Crippen molar-refractivity contribution in [3.8, 4) is 0 Å². The zero-order valence-corrected chi connectivity index (χ0v) is 14.9. The molecule has 7 heteroatoms. The Morgan fingerprint density at radius 1 is 1.00 bits per heavy atom. The second kappa shape index (κ2) is 7.72. The normalized spacial score (nSPS) is 28.0. The van der Waals surface area contributed by atoms with Gasteiger partial charge in [0.15, 0.2) is 0 Å². The van der Waals surface area contributed by atoms with Crippen LogP contribution in [0.2, 0.25) is 0 Å². The molecule has 0 saturated carbocycles. The Balaban J connectivity index is 1.60. The van der Waals surface area contributed by atoms with Crippen molar-refractivity contribution in [3.63, 3.8) is 0 Å². The van der Waals surface area contributed by atoms with E-state index in [-0.39, 0.29) is 30.9 Å². The Bertz CT molecular complexity index is 536. The van der Waals surface area contributed by atoms with Gasteiger partial charge in [-0.2, -0.15) is 0 Å². The van der Waals surface area contributed by atoms with Crippen LogP contribution in [0.15, 0.2) is 0 Å². The lowest BCUT2D eigenvalue weighted by Crippen LogP contribution is -2.51. The summed E-state index contributed by atoms with van der Waals surface area (Å²) in [6.07, 6.45) is 5.85. The first-order chi connectivity index (χ1) is 12.1. The van der Waals surface area contributed by atoms with Crippen molar-refractivity contribution in [1.82, 2.24) is 14.7 Å². The van der Waals surface area contributed by atoms with Gasteiger partial charge >= 0.3 is 0 Å². The van der Waals surface area contributed by atoms with Gasteiger partial charge in [0.25, 0.3) is 0 Å². The number of nitrogens with zero attached hydrogens (tertiary/aromatic N) is 3. The summed E-state index contributed by atoms with van der Waals surface area (Å²) in [7, 11) is 0. The monoisotopic (exact) mass is 351 g/mol. The summed E-state index contributed by atoms with van der Waals surface area (Å²) in [6, 6.07) is 0. The zero-order chi connectivity index (χ0) is 17.9. The van der Waals surface area contributed by atoms with E-state index in [4.69, 9.17) is 5.11 Å². The van der Waals surface area contributed by atoms with Gasteiger partial charge in [0, 0.05) is 39.1 Å². The molecule has 1 N–H and O–H groups in total. The van der Waals surface area contributed by atoms with Crippen LogP contribution in [-0.2, 0) is 14.4 Å². The van der Waals surface area contributed by atoms with E-state index in [9.17, 15) is 14.4 Å². The van der Waals surface area contributed by atoms with Gasteiger partial charge in [0.1, 0.15) is 0 Å². The first kappa shape index (κ1) is 18.2. The van der Waals surface area contributed by atoms with E-state index in [0.717, 1.165) is 32.1 Å². The van der Waals surface area contributed by atoms with E-state index in [0.29, 0.717) is 45.6 Å². The van der Waals surface area contributed by atoms with Gasteiger partial charge in [0.2, 0.25) is 17.7 Å². The number of piperidine rings is 1. The average Bonchev–Trinajstić information content (AvgIpc) is 2.92. The lowest BCUT2D eigenvalue weighted by Gasteiger charge is -2.39. The highest BCUT2D eigenvalue weighted by atomic mass is 16.3. The highest BCUT2D eigenvalue weighted by Crippen LogP contribution is 2.40. The van der Waals surface area contributed by atoms with Gasteiger partial charge in [-0.1, -0.05) is 6.42 Å². The van der Waals surface area contributed by atoms with E-state index in [2.05, 4.69) is 0 Å². The van der Waals surface area contributed by atoms with Gasteiger partial charge in [-0.15, -0.1) is 0 Å². The first-order valence-electron chi connectivity index (χ1n) is 9.51. The third kappa shape index (κ3) is 3.81. The molecule has 0 unspecified atom stereocenters. The molecule has 0 radical (unpaired) electrons. The third-order valence-corrected chi connectivity index (χ3v) is 5.90. The fourth-order valence-corrected chi connectivity index (χ4v) is 4.42. The Hall–Kier alpha value is -1.63. The fourth-order valence-electron chi connectivity index (χ4n) is 4.42. The van der Waals surface area contributed by atoms with Gasteiger partial charge < -0.3 is 19.8 Å². The predicted octanol–water partition coefficient (Wildman–Crippen LogP) is 0.222. The Morgan fingerprint density at radius 3 is 2.60 bits per heavy atom. The van der Waals surface area contributed by atoms with Crippen molar-refractivity contribution in [2.45, 2.75) is 44.9 Å². The van der Waals surface area contributed by atoms with Gasteiger partial charge in [-0.05, 0) is 32.1 Å². The summed E-state index contributed by atoms with van der Waals surface area (Å²) < 4.78 is 0. The molecule has 0 aromatic heterocycles. The van der Waals surface area contributed by atoms with E-state index in [1.54, 1.807) is 14.7 Å². The molecule has 0 aliphatic carbocycles. The van der Waals surface area contributed by atoms with Crippen molar-refractivity contribution < 1.29 is 19.5 Å². The lowest BCUT2D eigenvalue weighted by atomic mass is 9.78. The molecule has 3 heterocycles. The summed E-state index contributed by atoms with van der Waals surface area (Å²) in [4.78, 5) is 42.8. The van der Waals surface area contributed by atoms with Crippen LogP contribution >= 0.6 is 0 Å². The average molecular weight is 351 g/mol. The van der Waals surface area contributed by atoms with Crippen molar-refractivity contribution in [1.29, 1.82) is 0 Å². The molecule has 1 spiro atoms. The largest absolute Gasteiger partial charge is 0.395 e. The molecule has 3 rings (SSSR count). The molecule has 25 heavy (non-hydrogen) atoms. The molecule has 0 bridgehead atoms. The van der Waals surface area contributed by atoms with Crippen molar-refractivity contribution in [2.24, 2.45) is 5.41 Å². The van der Waals surface area contributed by atoms with Gasteiger partial charge in [0.05, 0.1) is 18.6 Å². The maximum absolute atomic E-state index is 12.8. The first-order valence-corrected chi connectivity index (χ1v) is 9.51. The lowest BCUT2D eigenvalue weighted by molar-refractivity contribution is -0.147. The second-order valence-corrected chi connectivity index (χ2v) is 7.59. The van der Waals surface area contributed by atoms with Crippen molar-refractivity contribution in [3.05, 3.63) is 0 Å². The predicted molar refractivity (Wildman–Crippen MR) is 91.6 cm³/mol. The molecule has 3 fully saturated rings. The number of aliphatic hydroxyl groups is 1. The fraction of sp³-hybridized carbons (Fsp3) is 0.833. The van der Waals surface area contributed by atoms with E-state index in [1.165, 1.54) is 0 Å². The smallest absolute Gasteiger partial charge is 0.242 e. The van der Waals surface area contributed by atoms with Crippen LogP contribution in [0.4, 0.5) is 0 Å². The maximum Gasteiger partial charge on any atom is 0.242 e. The summed E-state index contributed by atoms with van der Waals surface area (Å²) in [5.41, 5.74) is -0.480. The quantitative estimate of drug-likeness (QED) is 0.786. The summed E-state index contributed by atoms with van der Waals surface area (Å²) in [6.45, 7) is 2.88. The number of likely N-dealkylation sites (tertiary alicyclic amines) is 3. The number of rotatable bonds is 4. The molecule has 3 saturated heterocycles. The number of amides is 3. The minimum absolute atomic E-state index is 0.0263. The van der Waals surface area contributed by atoms with Crippen LogP contribution in [0, 0.1) is 5.41 Å². The van der Waals surface area contributed by atoms with Crippen LogP contribution in [0.1, 0.15) is 44.9 Å². The molecule has 3 aliphatic rings. The molecule has 7 nitrogen and oxygen atoms in total. The Morgan fingerprint density at radius 2 is 1.80 bits per heavy atom. The summed E-state index contributed by atoms with van der Waals surface area (Å²) in [5.74, 6) is 0.107. The molecule has 1 atom stereocenters. The highest BCUT2D eigenvalue weighted by molar-refractivity contribution is 5.88. The Labute approximate surface area is 148 Å². The Kier molecular flexibility index (Phi) is 5.61. The van der Waals surface area contributed by atoms with Crippen molar-refractivity contribution in [2.75, 3.05) is 45.9 Å². The van der Waals surface area contributed by atoms with Crippen molar-refractivity contribution >= 4 is 17.7 Å². The molecular formula is C18H29N3O4. The van der Waals surface area contributed by atoms with Crippen LogP contribution in [0.25, 0.3) is 0 Å². The molecular weight excluding hydrogens is 322 g/mol. The maximum atomic E-state index is 12.8. The summed E-state index contributed by atoms with van der Waals surface area (Å²) in [5, 5.41) is 9.14. The van der Waals surface area contributed by atoms with Crippen LogP contribution < -0.4 is 0 Å². The van der Waals surface area contributed by atoms with E-state index in [1.807, 2.05) is 0 Å².